The highest BCUT2D eigenvalue weighted by atomic mass is 35.5. The highest BCUT2D eigenvalue weighted by molar-refractivity contribution is 6.33. The first-order valence-electron chi connectivity index (χ1n) is 8.33. The van der Waals surface area contributed by atoms with Gasteiger partial charge < -0.3 is 15.0 Å². The predicted molar refractivity (Wildman–Crippen MR) is 107 cm³/mol. The highest BCUT2D eigenvalue weighted by Gasteiger charge is 2.14. The molecule has 27 heavy (non-hydrogen) atoms. The number of rotatable bonds is 4. The van der Waals surface area contributed by atoms with Crippen molar-refractivity contribution in [3.63, 3.8) is 0 Å². The molecule has 1 amide bonds. The average Bonchev–Trinajstić information content (AvgIpc) is 3.16. The number of hydrogen-bond donors (Lipinski definition) is 2. The topological polar surface area (TPSA) is 67.0 Å². The van der Waals surface area contributed by atoms with Crippen LogP contribution < -0.4 is 10.1 Å². The second kappa shape index (κ2) is 7.13. The zero-order valence-corrected chi connectivity index (χ0v) is 15.2. The maximum Gasteiger partial charge on any atom is 0.255 e. The Kier molecular flexibility index (Phi) is 4.52. The summed E-state index contributed by atoms with van der Waals surface area (Å²) in [6, 6.07) is 16.4. The Hall–Kier alpha value is -3.31. The summed E-state index contributed by atoms with van der Waals surface area (Å²) in [5.41, 5.74) is 3.57. The van der Waals surface area contributed by atoms with Crippen LogP contribution in [0.1, 0.15) is 10.4 Å². The van der Waals surface area contributed by atoms with E-state index in [0.717, 1.165) is 22.2 Å². The van der Waals surface area contributed by atoms with Gasteiger partial charge in [0.25, 0.3) is 5.91 Å². The first kappa shape index (κ1) is 17.1. The van der Waals surface area contributed by atoms with Crippen LogP contribution >= 0.6 is 11.6 Å². The zero-order valence-electron chi connectivity index (χ0n) is 14.5. The number of nitrogens with zero attached hydrogens (tertiary/aromatic N) is 1. The fourth-order valence-corrected chi connectivity index (χ4v) is 3.17. The van der Waals surface area contributed by atoms with Crippen molar-refractivity contribution in [1.29, 1.82) is 0 Å². The van der Waals surface area contributed by atoms with Crippen molar-refractivity contribution in [2.75, 3.05) is 12.4 Å². The van der Waals surface area contributed by atoms with Crippen molar-refractivity contribution >= 4 is 34.1 Å². The van der Waals surface area contributed by atoms with E-state index < -0.39 is 0 Å². The smallest absolute Gasteiger partial charge is 0.255 e. The van der Waals surface area contributed by atoms with E-state index >= 15 is 0 Å². The van der Waals surface area contributed by atoms with Gasteiger partial charge in [0.1, 0.15) is 5.75 Å². The number of fused-ring (bicyclic) bond motifs is 1. The van der Waals surface area contributed by atoms with Crippen LogP contribution in [0.2, 0.25) is 5.02 Å². The number of benzene rings is 2. The van der Waals surface area contributed by atoms with Gasteiger partial charge in [0.2, 0.25) is 0 Å². The lowest BCUT2D eigenvalue weighted by Crippen LogP contribution is -2.12. The van der Waals surface area contributed by atoms with Crippen LogP contribution in [0.4, 0.5) is 5.69 Å². The molecule has 0 fully saturated rings. The van der Waals surface area contributed by atoms with Gasteiger partial charge in [-0.25, -0.2) is 0 Å². The third-order valence-corrected chi connectivity index (χ3v) is 4.59. The molecular weight excluding hydrogens is 362 g/mol. The van der Waals surface area contributed by atoms with Gasteiger partial charge in [-0.05, 0) is 54.6 Å². The van der Waals surface area contributed by atoms with E-state index in [2.05, 4.69) is 15.3 Å². The van der Waals surface area contributed by atoms with Gasteiger partial charge in [0.15, 0.2) is 0 Å². The number of nitrogens with one attached hydrogen (secondary N) is 2. The largest absolute Gasteiger partial charge is 0.496 e. The standard InChI is InChI=1S/C21H16ClN3O2/c1-27-19-12-14(4-6-16(19)20-17(22)3-2-9-24-20)21(26)25-15-5-7-18-13(11-15)8-10-23-18/h2-12,23H,1H3,(H,25,26). The number of hydrogen-bond acceptors (Lipinski definition) is 3. The minimum Gasteiger partial charge on any atom is -0.496 e. The first-order valence-corrected chi connectivity index (χ1v) is 8.71. The Labute approximate surface area is 161 Å². The first-order chi connectivity index (χ1) is 13.2. The molecule has 4 rings (SSSR count). The molecule has 2 heterocycles. The molecule has 2 aromatic carbocycles. The lowest BCUT2D eigenvalue weighted by Gasteiger charge is -2.12. The lowest BCUT2D eigenvalue weighted by molar-refractivity contribution is 0.102. The molecule has 0 aliphatic heterocycles. The molecule has 0 aliphatic carbocycles. The Morgan fingerprint density at radius 1 is 1.15 bits per heavy atom. The number of methoxy groups -OCH3 is 1. The summed E-state index contributed by atoms with van der Waals surface area (Å²) in [6.07, 6.45) is 3.53. The minimum atomic E-state index is -0.221. The van der Waals surface area contributed by atoms with Crippen LogP contribution in [0.5, 0.6) is 5.75 Å². The molecule has 0 radical (unpaired) electrons. The summed E-state index contributed by atoms with van der Waals surface area (Å²) < 4.78 is 5.46. The van der Waals surface area contributed by atoms with Gasteiger partial charge >= 0.3 is 0 Å². The van der Waals surface area contributed by atoms with Gasteiger partial charge in [-0.15, -0.1) is 0 Å². The molecule has 134 valence electrons. The maximum atomic E-state index is 12.7. The molecular formula is C21H16ClN3O2. The van der Waals surface area contributed by atoms with Crippen LogP contribution in [-0.4, -0.2) is 23.0 Å². The summed E-state index contributed by atoms with van der Waals surface area (Å²) in [6.45, 7) is 0. The molecule has 5 nitrogen and oxygen atoms in total. The second-order valence-corrected chi connectivity index (χ2v) is 6.39. The monoisotopic (exact) mass is 377 g/mol. The Morgan fingerprint density at radius 3 is 2.85 bits per heavy atom. The molecule has 0 aliphatic rings. The number of aromatic nitrogens is 2. The quantitative estimate of drug-likeness (QED) is 0.517. The number of carbonyl (C=O) groups is 1. The molecule has 6 heteroatoms. The fraction of sp³-hybridized carbons (Fsp3) is 0.0476. The molecule has 2 aromatic heterocycles. The van der Waals surface area contributed by atoms with E-state index in [9.17, 15) is 4.79 Å². The van der Waals surface area contributed by atoms with Crippen molar-refractivity contribution in [2.24, 2.45) is 0 Å². The van der Waals surface area contributed by atoms with Gasteiger partial charge in [0, 0.05) is 40.1 Å². The van der Waals surface area contributed by atoms with E-state index in [4.69, 9.17) is 16.3 Å². The summed E-state index contributed by atoms with van der Waals surface area (Å²) in [4.78, 5) is 20.1. The molecule has 4 aromatic rings. The minimum absolute atomic E-state index is 0.221. The van der Waals surface area contributed by atoms with Crippen LogP contribution in [-0.2, 0) is 0 Å². The number of pyridine rings is 1. The van der Waals surface area contributed by atoms with Crippen molar-refractivity contribution in [1.82, 2.24) is 9.97 Å². The van der Waals surface area contributed by atoms with Gasteiger partial charge in [-0.3, -0.25) is 9.78 Å². The third-order valence-electron chi connectivity index (χ3n) is 4.29. The van der Waals surface area contributed by atoms with E-state index in [1.807, 2.05) is 30.5 Å². The molecule has 2 N–H and O–H groups in total. The van der Waals surface area contributed by atoms with Crippen LogP contribution in [0.3, 0.4) is 0 Å². The van der Waals surface area contributed by atoms with E-state index in [0.29, 0.717) is 22.0 Å². The second-order valence-electron chi connectivity index (χ2n) is 5.98. The summed E-state index contributed by atoms with van der Waals surface area (Å²) in [5, 5.41) is 4.47. The molecule has 0 saturated heterocycles. The van der Waals surface area contributed by atoms with Crippen LogP contribution in [0.15, 0.2) is 67.0 Å². The summed E-state index contributed by atoms with van der Waals surface area (Å²) >= 11 is 6.24. The highest BCUT2D eigenvalue weighted by Crippen LogP contribution is 2.34. The van der Waals surface area contributed by atoms with E-state index in [1.165, 1.54) is 0 Å². The SMILES string of the molecule is COc1cc(C(=O)Nc2ccc3[nH]ccc3c2)ccc1-c1ncccc1Cl. The normalized spacial score (nSPS) is 10.7. The molecule has 0 atom stereocenters. The average molecular weight is 378 g/mol. The van der Waals surface area contributed by atoms with Gasteiger partial charge in [-0.1, -0.05) is 11.6 Å². The number of H-pyrrole nitrogens is 1. The van der Waals surface area contributed by atoms with Crippen LogP contribution in [0.25, 0.3) is 22.2 Å². The number of anilines is 1. The summed E-state index contributed by atoms with van der Waals surface area (Å²) in [7, 11) is 1.55. The Morgan fingerprint density at radius 2 is 2.04 bits per heavy atom. The third kappa shape index (κ3) is 3.37. The number of carbonyl (C=O) groups excluding carboxylic acids is 1. The van der Waals surface area contributed by atoms with Gasteiger partial charge in [-0.2, -0.15) is 0 Å². The van der Waals surface area contributed by atoms with Gasteiger partial charge in [0.05, 0.1) is 17.8 Å². The Balaban J connectivity index is 1.63. The number of aromatic amines is 1. The predicted octanol–water partition coefficient (Wildman–Crippen LogP) is 5.14. The molecule has 0 spiro atoms. The number of ether oxygens (including phenoxy) is 1. The maximum absolute atomic E-state index is 12.7. The van der Waals surface area contributed by atoms with Crippen molar-refractivity contribution in [3.8, 4) is 17.0 Å². The molecule has 0 unspecified atom stereocenters. The number of halogens is 1. The zero-order chi connectivity index (χ0) is 18.8. The summed E-state index contributed by atoms with van der Waals surface area (Å²) in [5.74, 6) is 0.311. The van der Waals surface area contributed by atoms with Crippen molar-refractivity contribution in [2.45, 2.75) is 0 Å². The van der Waals surface area contributed by atoms with Crippen molar-refractivity contribution < 1.29 is 9.53 Å². The van der Waals surface area contributed by atoms with E-state index in [-0.39, 0.29) is 5.91 Å². The van der Waals surface area contributed by atoms with E-state index in [1.54, 1.807) is 43.6 Å². The fourth-order valence-electron chi connectivity index (χ4n) is 2.95. The molecule has 0 bridgehead atoms. The Bertz CT molecular complexity index is 1140. The van der Waals surface area contributed by atoms with Crippen LogP contribution in [0, 0.1) is 0 Å². The molecule has 0 saturated carbocycles. The lowest BCUT2D eigenvalue weighted by atomic mass is 10.1. The van der Waals surface area contributed by atoms with Crippen molar-refractivity contribution in [3.05, 3.63) is 77.6 Å². The number of amides is 1.